The van der Waals surface area contributed by atoms with Gasteiger partial charge < -0.3 is 24.6 Å². The van der Waals surface area contributed by atoms with Crippen molar-refractivity contribution in [2.24, 2.45) is 0 Å². The average Bonchev–Trinajstić information content (AvgIpc) is 2.64. The van der Waals surface area contributed by atoms with Gasteiger partial charge in [0.25, 0.3) is 0 Å². The molecule has 0 spiro atoms. The van der Waals surface area contributed by atoms with Crippen LogP contribution in [-0.2, 0) is 9.47 Å². The first-order valence-corrected chi connectivity index (χ1v) is 9.62. The fourth-order valence-electron chi connectivity index (χ4n) is 3.72. The van der Waals surface area contributed by atoms with Crippen molar-refractivity contribution in [2.45, 2.75) is 51.4 Å². The number of likely N-dealkylation sites (tertiary alicyclic amines) is 1. The van der Waals surface area contributed by atoms with Gasteiger partial charge in [-0.25, -0.2) is 9.59 Å². The van der Waals surface area contributed by atoms with E-state index < -0.39 is 29.8 Å². The van der Waals surface area contributed by atoms with Gasteiger partial charge in [0, 0.05) is 6.54 Å². The number of aliphatic hydroxyl groups excluding tert-OH is 1. The van der Waals surface area contributed by atoms with Crippen LogP contribution in [0.1, 0.15) is 55.6 Å². The largest absolute Gasteiger partial charge is 0.508 e. The molecule has 0 aliphatic carbocycles. The van der Waals surface area contributed by atoms with E-state index in [1.165, 1.54) is 13.2 Å². The SMILES string of the molecule is COC(=O)c1ccc([C@H]2C[C@H](O)CCN2C(=O)OC(C)(C)C)c2cc(O)ccc12. The van der Waals surface area contributed by atoms with Crippen molar-refractivity contribution in [1.82, 2.24) is 4.90 Å². The summed E-state index contributed by atoms with van der Waals surface area (Å²) in [5.41, 5.74) is 0.451. The molecule has 29 heavy (non-hydrogen) atoms. The zero-order chi connectivity index (χ0) is 21.3. The standard InChI is InChI=1S/C22H27NO6/c1-22(2,3)29-21(27)23-10-9-14(25)12-19(23)16-7-8-17(20(26)28-4)15-6-5-13(24)11-18(15)16/h5-8,11,14,19,24-25H,9-10,12H2,1-4H3/t14-,19-/m1/s1. The van der Waals surface area contributed by atoms with Gasteiger partial charge in [0.05, 0.1) is 24.8 Å². The summed E-state index contributed by atoms with van der Waals surface area (Å²) in [5.74, 6) is -0.444. The third-order valence-corrected chi connectivity index (χ3v) is 5.00. The summed E-state index contributed by atoms with van der Waals surface area (Å²) < 4.78 is 10.4. The van der Waals surface area contributed by atoms with Crippen molar-refractivity contribution in [2.75, 3.05) is 13.7 Å². The van der Waals surface area contributed by atoms with Crippen LogP contribution in [0, 0.1) is 0 Å². The topological polar surface area (TPSA) is 96.3 Å². The maximum absolute atomic E-state index is 12.8. The molecular weight excluding hydrogens is 374 g/mol. The van der Waals surface area contributed by atoms with Gasteiger partial charge >= 0.3 is 12.1 Å². The number of methoxy groups -OCH3 is 1. The molecule has 1 aliphatic heterocycles. The maximum atomic E-state index is 12.8. The molecule has 0 unspecified atom stereocenters. The molecular formula is C22H27NO6. The highest BCUT2D eigenvalue weighted by atomic mass is 16.6. The highest BCUT2D eigenvalue weighted by Gasteiger charge is 2.35. The highest BCUT2D eigenvalue weighted by Crippen LogP contribution is 2.38. The number of piperidine rings is 1. The molecule has 0 bridgehead atoms. The van der Waals surface area contributed by atoms with Crippen LogP contribution >= 0.6 is 0 Å². The van der Waals surface area contributed by atoms with Gasteiger partial charge in [0.1, 0.15) is 11.4 Å². The molecule has 7 heteroatoms. The number of phenols is 1. The number of hydrogen-bond acceptors (Lipinski definition) is 6. The monoisotopic (exact) mass is 401 g/mol. The number of phenolic OH excluding ortho intramolecular Hbond substituents is 1. The van der Waals surface area contributed by atoms with Gasteiger partial charge in [-0.3, -0.25) is 0 Å². The van der Waals surface area contributed by atoms with Gasteiger partial charge in [-0.05, 0) is 74.2 Å². The number of fused-ring (bicyclic) bond motifs is 1. The number of nitrogens with zero attached hydrogens (tertiary/aromatic N) is 1. The number of esters is 1. The summed E-state index contributed by atoms with van der Waals surface area (Å²) >= 11 is 0. The summed E-state index contributed by atoms with van der Waals surface area (Å²) in [4.78, 5) is 26.6. The van der Waals surface area contributed by atoms with Crippen molar-refractivity contribution in [1.29, 1.82) is 0 Å². The Morgan fingerprint density at radius 3 is 2.52 bits per heavy atom. The Morgan fingerprint density at radius 1 is 1.14 bits per heavy atom. The van der Waals surface area contributed by atoms with Crippen molar-refractivity contribution in [3.63, 3.8) is 0 Å². The van der Waals surface area contributed by atoms with E-state index in [1.807, 2.05) is 0 Å². The van der Waals surface area contributed by atoms with E-state index >= 15 is 0 Å². The van der Waals surface area contributed by atoms with Crippen LogP contribution in [0.25, 0.3) is 10.8 Å². The van der Waals surface area contributed by atoms with Crippen LogP contribution in [0.2, 0.25) is 0 Å². The van der Waals surface area contributed by atoms with E-state index in [1.54, 1.807) is 49.9 Å². The molecule has 2 aromatic rings. The first kappa shape index (κ1) is 20.9. The summed E-state index contributed by atoms with van der Waals surface area (Å²) in [7, 11) is 1.31. The van der Waals surface area contributed by atoms with Crippen LogP contribution in [-0.4, -0.2) is 52.5 Å². The van der Waals surface area contributed by atoms with E-state index in [0.29, 0.717) is 35.7 Å². The average molecular weight is 401 g/mol. The van der Waals surface area contributed by atoms with Crippen molar-refractivity contribution in [3.8, 4) is 5.75 Å². The number of amides is 1. The van der Waals surface area contributed by atoms with Crippen LogP contribution in [0.15, 0.2) is 30.3 Å². The molecule has 1 aliphatic rings. The molecule has 1 heterocycles. The Hall–Kier alpha value is -2.80. The second-order valence-electron chi connectivity index (χ2n) is 8.29. The quantitative estimate of drug-likeness (QED) is 0.744. The second-order valence-corrected chi connectivity index (χ2v) is 8.29. The molecule has 2 aromatic carbocycles. The van der Waals surface area contributed by atoms with Crippen LogP contribution in [0.4, 0.5) is 4.79 Å². The second kappa shape index (κ2) is 7.91. The molecule has 156 valence electrons. The number of rotatable bonds is 2. The first-order valence-electron chi connectivity index (χ1n) is 9.62. The Balaban J connectivity index is 2.12. The third-order valence-electron chi connectivity index (χ3n) is 5.00. The Kier molecular flexibility index (Phi) is 5.71. The van der Waals surface area contributed by atoms with Crippen molar-refractivity contribution >= 4 is 22.8 Å². The maximum Gasteiger partial charge on any atom is 0.410 e. The minimum atomic E-state index is -0.646. The van der Waals surface area contributed by atoms with Gasteiger partial charge in [-0.15, -0.1) is 0 Å². The third kappa shape index (κ3) is 4.45. The zero-order valence-corrected chi connectivity index (χ0v) is 17.1. The number of carbonyl (C=O) groups excluding carboxylic acids is 2. The van der Waals surface area contributed by atoms with Crippen LogP contribution in [0.5, 0.6) is 5.75 Å². The first-order chi connectivity index (χ1) is 13.6. The summed E-state index contributed by atoms with van der Waals surface area (Å²) in [6, 6.07) is 7.65. The van der Waals surface area contributed by atoms with E-state index in [0.717, 1.165) is 5.56 Å². The fourth-order valence-corrected chi connectivity index (χ4v) is 3.72. The summed E-state index contributed by atoms with van der Waals surface area (Å²) in [5, 5.41) is 21.6. The molecule has 2 N–H and O–H groups in total. The number of ether oxygens (including phenoxy) is 2. The Labute approximate surface area is 169 Å². The number of benzene rings is 2. The minimum absolute atomic E-state index is 0.0425. The highest BCUT2D eigenvalue weighted by molar-refractivity contribution is 6.06. The molecule has 1 fully saturated rings. The van der Waals surface area contributed by atoms with Gasteiger partial charge in [0.15, 0.2) is 0 Å². The lowest BCUT2D eigenvalue weighted by atomic mass is 9.88. The van der Waals surface area contributed by atoms with E-state index in [-0.39, 0.29) is 5.75 Å². The molecule has 0 radical (unpaired) electrons. The van der Waals surface area contributed by atoms with E-state index in [2.05, 4.69) is 0 Å². The smallest absolute Gasteiger partial charge is 0.410 e. The normalized spacial score (nSPS) is 19.8. The van der Waals surface area contributed by atoms with E-state index in [9.17, 15) is 19.8 Å². The number of carbonyl (C=O) groups is 2. The predicted octanol–water partition coefficient (Wildman–Crippen LogP) is 3.76. The molecule has 7 nitrogen and oxygen atoms in total. The molecule has 0 saturated carbocycles. The Bertz CT molecular complexity index is 933. The predicted molar refractivity (Wildman–Crippen MR) is 108 cm³/mol. The van der Waals surface area contributed by atoms with Gasteiger partial charge in [-0.2, -0.15) is 0 Å². The van der Waals surface area contributed by atoms with E-state index in [4.69, 9.17) is 9.47 Å². The lowest BCUT2D eigenvalue weighted by Crippen LogP contribution is -2.45. The van der Waals surface area contributed by atoms with Crippen molar-refractivity contribution in [3.05, 3.63) is 41.5 Å². The summed E-state index contributed by atoms with van der Waals surface area (Å²) in [6.45, 7) is 5.76. The Morgan fingerprint density at radius 2 is 1.86 bits per heavy atom. The number of aliphatic hydroxyl groups is 1. The summed E-state index contributed by atoms with van der Waals surface area (Å²) in [6.07, 6.45) is -0.230. The van der Waals surface area contributed by atoms with Gasteiger partial charge in [0.2, 0.25) is 0 Å². The lowest BCUT2D eigenvalue weighted by Gasteiger charge is -2.39. The molecule has 3 rings (SSSR count). The lowest BCUT2D eigenvalue weighted by molar-refractivity contribution is -0.00820. The number of hydrogen-bond donors (Lipinski definition) is 2. The number of aromatic hydroxyl groups is 1. The molecule has 0 aromatic heterocycles. The molecule has 2 atom stereocenters. The van der Waals surface area contributed by atoms with Crippen LogP contribution < -0.4 is 0 Å². The minimum Gasteiger partial charge on any atom is -0.508 e. The zero-order valence-electron chi connectivity index (χ0n) is 17.1. The fraction of sp³-hybridized carbons (Fsp3) is 0.455. The molecule has 1 amide bonds. The van der Waals surface area contributed by atoms with Crippen LogP contribution in [0.3, 0.4) is 0 Å². The van der Waals surface area contributed by atoms with Crippen molar-refractivity contribution < 1.29 is 29.3 Å². The molecule has 1 saturated heterocycles. The van der Waals surface area contributed by atoms with Gasteiger partial charge in [-0.1, -0.05) is 6.07 Å².